The topological polar surface area (TPSA) is 233 Å². The van der Waals surface area contributed by atoms with Gasteiger partial charge in [0.25, 0.3) is 38.0 Å². The highest BCUT2D eigenvalue weighted by molar-refractivity contribution is 7.86. The number of aromatic carboxylic acids is 1. The van der Waals surface area contributed by atoms with E-state index >= 15 is 0 Å². The van der Waals surface area contributed by atoms with E-state index in [9.17, 15) is 50.2 Å². The molecule has 0 aliphatic rings. The molecule has 52 heavy (non-hydrogen) atoms. The van der Waals surface area contributed by atoms with Crippen molar-refractivity contribution in [3.63, 3.8) is 0 Å². The molecular weight excluding hydrogens is 715 g/mol. The Bertz CT molecular complexity index is 2560. The number of hydrogen-bond acceptors (Lipinski definition) is 8. The van der Waals surface area contributed by atoms with Gasteiger partial charge in [-0.3, -0.25) is 23.5 Å². The molecule has 0 radical (unpaired) electrons. The third kappa shape index (κ3) is 7.64. The molecule has 0 unspecified atom stereocenters. The van der Waals surface area contributed by atoms with Crippen molar-refractivity contribution < 1.29 is 50.2 Å². The molecule has 6 aromatic carbocycles. The van der Waals surface area contributed by atoms with Gasteiger partial charge < -0.3 is 21.1 Å². The molecule has 0 aliphatic heterocycles. The number of carboxylic acids is 1. The number of nitrogens with one attached hydrogen (secondary N) is 3. The number of amides is 3. The van der Waals surface area contributed by atoms with Gasteiger partial charge >= 0.3 is 5.97 Å². The highest BCUT2D eigenvalue weighted by Crippen LogP contribution is 2.29. The summed E-state index contributed by atoms with van der Waals surface area (Å²) in [6, 6.07) is 26.0. The molecule has 0 heterocycles. The lowest BCUT2D eigenvalue weighted by Gasteiger charge is -2.14. The van der Waals surface area contributed by atoms with E-state index in [0.29, 0.717) is 21.5 Å². The third-order valence-electron chi connectivity index (χ3n) is 7.88. The Morgan fingerprint density at radius 1 is 0.462 bits per heavy atom. The molecule has 0 atom stereocenters. The first kappa shape index (κ1) is 35.4. The molecule has 0 aliphatic carbocycles. The fourth-order valence-electron chi connectivity index (χ4n) is 5.41. The van der Waals surface area contributed by atoms with Gasteiger partial charge in [-0.1, -0.05) is 42.5 Å². The Balaban J connectivity index is 1.37. The lowest BCUT2D eigenvalue weighted by molar-refractivity contribution is 0.0696. The van der Waals surface area contributed by atoms with E-state index in [1.54, 1.807) is 36.4 Å². The Kier molecular flexibility index (Phi) is 9.31. The molecule has 0 bridgehead atoms. The molecule has 0 spiro atoms. The van der Waals surface area contributed by atoms with Gasteiger partial charge in [0.05, 0.1) is 15.4 Å². The fraction of sp³-hybridized carbons (Fsp3) is 0. The average Bonchev–Trinajstić information content (AvgIpc) is 3.10. The van der Waals surface area contributed by atoms with Gasteiger partial charge in [0, 0.05) is 44.5 Å². The quantitative estimate of drug-likeness (QED) is 0.0950. The SMILES string of the molecule is O=C(O)c1cccc(C(=O)Nc2cc(C(=O)Nc3cccc4cc(S(=O)(=O)O)ccc34)cc(C(=O)Nc3cccc4cc(S(=O)(=O)O)ccc34)c2)c1. The van der Waals surface area contributed by atoms with E-state index in [-0.39, 0.29) is 49.1 Å². The summed E-state index contributed by atoms with van der Waals surface area (Å²) in [5.41, 5.74) is 0.175. The second-order valence-electron chi connectivity index (χ2n) is 11.4. The lowest BCUT2D eigenvalue weighted by atomic mass is 10.0. The van der Waals surface area contributed by atoms with Crippen LogP contribution in [-0.2, 0) is 20.2 Å². The van der Waals surface area contributed by atoms with Crippen LogP contribution in [0, 0.1) is 0 Å². The molecule has 3 amide bonds. The van der Waals surface area contributed by atoms with E-state index in [1.807, 2.05) is 0 Å². The summed E-state index contributed by atoms with van der Waals surface area (Å²) in [5, 5.41) is 19.0. The van der Waals surface area contributed by atoms with Crippen molar-refractivity contribution in [2.45, 2.75) is 9.79 Å². The minimum Gasteiger partial charge on any atom is -0.478 e. The molecule has 14 nitrogen and oxygen atoms in total. The zero-order valence-corrected chi connectivity index (χ0v) is 28.0. The third-order valence-corrected chi connectivity index (χ3v) is 9.58. The number of hydrogen-bond donors (Lipinski definition) is 6. The predicted molar refractivity (Wildman–Crippen MR) is 191 cm³/mol. The minimum absolute atomic E-state index is 0.00467. The number of carbonyl (C=O) groups is 4. The number of rotatable bonds is 9. The highest BCUT2D eigenvalue weighted by Gasteiger charge is 2.19. The van der Waals surface area contributed by atoms with Crippen molar-refractivity contribution in [2.24, 2.45) is 0 Å². The molecular formula is C36H25N3O11S2. The van der Waals surface area contributed by atoms with Crippen LogP contribution in [0.15, 0.2) is 125 Å². The van der Waals surface area contributed by atoms with Crippen LogP contribution in [-0.4, -0.2) is 54.7 Å². The van der Waals surface area contributed by atoms with Crippen LogP contribution in [0.25, 0.3) is 21.5 Å². The summed E-state index contributed by atoms with van der Waals surface area (Å²) in [4.78, 5) is 51.4. The second kappa shape index (κ2) is 13.7. The van der Waals surface area contributed by atoms with Gasteiger partial charge in [0.2, 0.25) is 0 Å². The molecule has 6 N–H and O–H groups in total. The van der Waals surface area contributed by atoms with Gasteiger partial charge in [0.15, 0.2) is 0 Å². The van der Waals surface area contributed by atoms with Crippen LogP contribution >= 0.6 is 0 Å². The molecule has 0 saturated heterocycles. The largest absolute Gasteiger partial charge is 0.478 e. The van der Waals surface area contributed by atoms with Crippen molar-refractivity contribution in [2.75, 3.05) is 16.0 Å². The van der Waals surface area contributed by atoms with Crippen LogP contribution in [0.4, 0.5) is 17.1 Å². The number of anilines is 3. The summed E-state index contributed by atoms with van der Waals surface area (Å²) >= 11 is 0. The first-order valence-corrected chi connectivity index (χ1v) is 17.9. The maximum Gasteiger partial charge on any atom is 0.335 e. The van der Waals surface area contributed by atoms with Crippen molar-refractivity contribution in [1.29, 1.82) is 0 Å². The Labute approximate surface area is 295 Å². The van der Waals surface area contributed by atoms with E-state index in [2.05, 4.69) is 16.0 Å². The molecule has 6 rings (SSSR count). The normalized spacial score (nSPS) is 11.6. The van der Waals surface area contributed by atoms with Crippen LogP contribution in [0.2, 0.25) is 0 Å². The van der Waals surface area contributed by atoms with Crippen LogP contribution in [0.5, 0.6) is 0 Å². The van der Waals surface area contributed by atoms with Crippen LogP contribution < -0.4 is 16.0 Å². The molecule has 16 heteroatoms. The van der Waals surface area contributed by atoms with E-state index in [0.717, 1.165) is 6.07 Å². The lowest BCUT2D eigenvalue weighted by Crippen LogP contribution is -2.18. The summed E-state index contributed by atoms with van der Waals surface area (Å²) in [5.74, 6) is -3.45. The predicted octanol–water partition coefficient (Wildman–Crippen LogP) is 5.94. The summed E-state index contributed by atoms with van der Waals surface area (Å²) in [7, 11) is -8.99. The first-order valence-electron chi connectivity index (χ1n) is 15.0. The number of carboxylic acid groups (broad SMARTS) is 1. The number of fused-ring (bicyclic) bond motifs is 2. The fourth-order valence-corrected chi connectivity index (χ4v) is 6.44. The van der Waals surface area contributed by atoms with Gasteiger partial charge in [0.1, 0.15) is 0 Å². The Morgan fingerprint density at radius 2 is 0.885 bits per heavy atom. The van der Waals surface area contributed by atoms with E-state index in [4.69, 9.17) is 0 Å². The molecule has 0 aromatic heterocycles. The number of carbonyl (C=O) groups excluding carboxylic acids is 3. The summed E-state index contributed by atoms with van der Waals surface area (Å²) in [6.45, 7) is 0. The van der Waals surface area contributed by atoms with E-state index < -0.39 is 43.9 Å². The van der Waals surface area contributed by atoms with Gasteiger partial charge in [-0.2, -0.15) is 16.8 Å². The molecule has 262 valence electrons. The Hall–Kier alpha value is -6.46. The van der Waals surface area contributed by atoms with Gasteiger partial charge in [-0.25, -0.2) is 4.79 Å². The molecule has 6 aromatic rings. The zero-order valence-electron chi connectivity index (χ0n) is 26.4. The maximum absolute atomic E-state index is 13.7. The minimum atomic E-state index is -4.49. The standard InChI is InChI=1S/C36H25N3O11S2/c40-33(22-6-1-7-23(14-22)36(43)44)37-26-16-24(34(41)38-31-8-2-4-20-18-27(51(45,46)47)10-12-29(20)31)15-25(17-26)35(42)39-32-9-3-5-21-19-28(52(48,49)50)11-13-30(21)32/h1-19H,(H,37,40)(H,38,41)(H,39,42)(H,43,44)(H,45,46,47)(H,48,49,50). The summed E-state index contributed by atoms with van der Waals surface area (Å²) < 4.78 is 65.5. The number of benzene rings is 6. The highest BCUT2D eigenvalue weighted by atomic mass is 32.2. The zero-order chi connectivity index (χ0) is 37.4. The van der Waals surface area contributed by atoms with Crippen LogP contribution in [0.3, 0.4) is 0 Å². The van der Waals surface area contributed by atoms with E-state index in [1.165, 1.54) is 72.8 Å². The molecule has 0 saturated carbocycles. The van der Waals surface area contributed by atoms with Crippen LogP contribution in [0.1, 0.15) is 41.4 Å². The molecule has 0 fully saturated rings. The van der Waals surface area contributed by atoms with Crippen molar-refractivity contribution >= 4 is 82.5 Å². The Morgan fingerprint density at radius 3 is 1.35 bits per heavy atom. The van der Waals surface area contributed by atoms with Crippen molar-refractivity contribution in [3.8, 4) is 0 Å². The maximum atomic E-state index is 13.7. The first-order chi connectivity index (χ1) is 24.6. The van der Waals surface area contributed by atoms with Crippen molar-refractivity contribution in [3.05, 3.63) is 138 Å². The monoisotopic (exact) mass is 739 g/mol. The van der Waals surface area contributed by atoms with Gasteiger partial charge in [-0.05, 0) is 83.6 Å². The summed E-state index contributed by atoms with van der Waals surface area (Å²) in [6.07, 6.45) is 0. The average molecular weight is 740 g/mol. The van der Waals surface area contributed by atoms with Gasteiger partial charge in [-0.15, -0.1) is 0 Å². The smallest absolute Gasteiger partial charge is 0.335 e. The van der Waals surface area contributed by atoms with Crippen molar-refractivity contribution in [1.82, 2.24) is 0 Å². The second-order valence-corrected chi connectivity index (χ2v) is 14.2.